The van der Waals surface area contributed by atoms with E-state index in [2.05, 4.69) is 4.72 Å². The summed E-state index contributed by atoms with van der Waals surface area (Å²) in [6, 6.07) is 8.74. The first-order chi connectivity index (χ1) is 9.97. The summed E-state index contributed by atoms with van der Waals surface area (Å²) in [5.41, 5.74) is 0.716. The van der Waals surface area contributed by atoms with Crippen molar-refractivity contribution in [1.82, 2.24) is 4.72 Å². The highest BCUT2D eigenvalue weighted by Gasteiger charge is 2.17. The van der Waals surface area contributed by atoms with Crippen LogP contribution in [0, 0.1) is 6.92 Å². The van der Waals surface area contributed by atoms with Gasteiger partial charge in [-0.2, -0.15) is 0 Å². The second-order valence-electron chi connectivity index (χ2n) is 4.34. The van der Waals surface area contributed by atoms with Crippen molar-refractivity contribution >= 4 is 21.4 Å². The number of benzene rings is 1. The molecule has 0 aliphatic carbocycles. The molecule has 0 radical (unpaired) electrons. The maximum atomic E-state index is 12.2. The maximum absolute atomic E-state index is 12.2. The van der Waals surface area contributed by atoms with Crippen LogP contribution in [0.1, 0.15) is 10.4 Å². The highest BCUT2D eigenvalue weighted by atomic mass is 32.2. The summed E-state index contributed by atoms with van der Waals surface area (Å²) >= 11 is 1.24. The predicted octanol–water partition coefficient (Wildman–Crippen LogP) is 2.55. The van der Waals surface area contributed by atoms with Crippen LogP contribution in [0.5, 0.6) is 11.5 Å². The lowest BCUT2D eigenvalue weighted by molar-refractivity contribution is 0.351. The van der Waals surface area contributed by atoms with Gasteiger partial charge in [0.25, 0.3) is 0 Å². The molecule has 114 valence electrons. The Morgan fingerprint density at radius 1 is 1.14 bits per heavy atom. The summed E-state index contributed by atoms with van der Waals surface area (Å²) in [4.78, 5) is 0.953. The fraction of sp³-hybridized carbons (Fsp3) is 0.286. The molecule has 21 heavy (non-hydrogen) atoms. The van der Waals surface area contributed by atoms with Crippen molar-refractivity contribution < 1.29 is 17.9 Å². The lowest BCUT2D eigenvalue weighted by Crippen LogP contribution is -2.22. The topological polar surface area (TPSA) is 64.6 Å². The number of hydrogen-bond donors (Lipinski definition) is 1. The van der Waals surface area contributed by atoms with Gasteiger partial charge in [0.1, 0.15) is 4.21 Å². The second kappa shape index (κ2) is 6.46. The van der Waals surface area contributed by atoms with Gasteiger partial charge < -0.3 is 9.47 Å². The number of nitrogens with one attached hydrogen (secondary N) is 1. The van der Waals surface area contributed by atoms with E-state index in [-0.39, 0.29) is 6.54 Å². The van der Waals surface area contributed by atoms with Crippen molar-refractivity contribution in [2.45, 2.75) is 17.7 Å². The van der Waals surface area contributed by atoms with Crippen LogP contribution < -0.4 is 14.2 Å². The minimum Gasteiger partial charge on any atom is -0.493 e. The van der Waals surface area contributed by atoms with E-state index in [4.69, 9.17) is 9.47 Å². The second-order valence-corrected chi connectivity index (χ2v) is 7.62. The van der Waals surface area contributed by atoms with Crippen LogP contribution in [-0.2, 0) is 16.6 Å². The van der Waals surface area contributed by atoms with Crippen LogP contribution in [0.25, 0.3) is 0 Å². The molecule has 1 aromatic carbocycles. The van der Waals surface area contributed by atoms with E-state index in [0.29, 0.717) is 21.3 Å². The molecule has 1 heterocycles. The van der Waals surface area contributed by atoms with Gasteiger partial charge in [-0.15, -0.1) is 11.3 Å². The summed E-state index contributed by atoms with van der Waals surface area (Å²) in [7, 11) is -0.442. The molecule has 5 nitrogen and oxygen atoms in total. The van der Waals surface area contributed by atoms with Crippen molar-refractivity contribution in [3.05, 3.63) is 40.8 Å². The number of ether oxygens (including phenoxy) is 2. The molecule has 2 rings (SSSR count). The van der Waals surface area contributed by atoms with E-state index in [1.807, 2.05) is 6.92 Å². The first kappa shape index (κ1) is 15.8. The third kappa shape index (κ3) is 3.55. The molecule has 0 fully saturated rings. The number of aryl methyl sites for hydroxylation is 1. The molecule has 0 aliphatic heterocycles. The van der Waals surface area contributed by atoms with Gasteiger partial charge in [0.15, 0.2) is 11.5 Å². The van der Waals surface area contributed by atoms with E-state index < -0.39 is 10.0 Å². The van der Waals surface area contributed by atoms with Gasteiger partial charge in [0, 0.05) is 17.0 Å². The average Bonchev–Trinajstić information content (AvgIpc) is 2.92. The Morgan fingerprint density at radius 2 is 1.90 bits per heavy atom. The number of para-hydroxylation sites is 1. The van der Waals surface area contributed by atoms with Crippen molar-refractivity contribution in [3.8, 4) is 11.5 Å². The summed E-state index contributed by atoms with van der Waals surface area (Å²) in [6.07, 6.45) is 0. The molecule has 0 spiro atoms. The van der Waals surface area contributed by atoms with Crippen molar-refractivity contribution in [1.29, 1.82) is 0 Å². The van der Waals surface area contributed by atoms with Crippen LogP contribution >= 0.6 is 11.3 Å². The minimum absolute atomic E-state index is 0.139. The highest BCUT2D eigenvalue weighted by Crippen LogP contribution is 2.31. The van der Waals surface area contributed by atoms with Gasteiger partial charge in [-0.3, -0.25) is 0 Å². The average molecular weight is 327 g/mol. The highest BCUT2D eigenvalue weighted by molar-refractivity contribution is 7.91. The van der Waals surface area contributed by atoms with Crippen LogP contribution in [-0.4, -0.2) is 22.6 Å². The van der Waals surface area contributed by atoms with Gasteiger partial charge in [-0.25, -0.2) is 13.1 Å². The first-order valence-electron chi connectivity index (χ1n) is 6.24. The first-order valence-corrected chi connectivity index (χ1v) is 8.54. The third-order valence-corrected chi connectivity index (χ3v) is 5.81. The zero-order valence-electron chi connectivity index (χ0n) is 12.0. The zero-order valence-corrected chi connectivity index (χ0v) is 13.7. The van der Waals surface area contributed by atoms with E-state index in [1.54, 1.807) is 37.4 Å². The Morgan fingerprint density at radius 3 is 2.48 bits per heavy atom. The molecular formula is C14H17NO4S2. The SMILES string of the molecule is COc1cccc(CNS(=O)(=O)c2ccc(C)s2)c1OC. The molecule has 0 unspecified atom stereocenters. The standard InChI is InChI=1S/C14H17NO4S2/c1-10-7-8-13(20-10)21(16,17)15-9-11-5-4-6-12(18-2)14(11)19-3/h4-8,15H,9H2,1-3H3. The fourth-order valence-electron chi connectivity index (χ4n) is 1.89. The van der Waals surface area contributed by atoms with Crippen LogP contribution in [0.15, 0.2) is 34.5 Å². The summed E-state index contributed by atoms with van der Waals surface area (Å²) in [5, 5.41) is 0. The smallest absolute Gasteiger partial charge is 0.250 e. The Kier molecular flexibility index (Phi) is 4.87. The van der Waals surface area contributed by atoms with Crippen LogP contribution in [0.2, 0.25) is 0 Å². The lowest BCUT2D eigenvalue weighted by Gasteiger charge is -2.13. The molecule has 0 atom stereocenters. The van der Waals surface area contributed by atoms with E-state index in [0.717, 1.165) is 4.88 Å². The van der Waals surface area contributed by atoms with Gasteiger partial charge in [0.05, 0.1) is 14.2 Å². The summed E-state index contributed by atoms with van der Waals surface area (Å²) in [5.74, 6) is 1.10. The van der Waals surface area contributed by atoms with Gasteiger partial charge in [-0.1, -0.05) is 12.1 Å². The Labute approximate surface area is 128 Å². The minimum atomic E-state index is -3.51. The Hall–Kier alpha value is -1.57. The number of hydrogen-bond acceptors (Lipinski definition) is 5. The quantitative estimate of drug-likeness (QED) is 0.885. The van der Waals surface area contributed by atoms with Crippen LogP contribution in [0.3, 0.4) is 0 Å². The number of rotatable bonds is 6. The Balaban J connectivity index is 2.20. The molecule has 0 aliphatic rings. The predicted molar refractivity (Wildman–Crippen MR) is 82.6 cm³/mol. The Bertz CT molecular complexity index is 722. The molecule has 2 aromatic rings. The molecule has 0 saturated heterocycles. The lowest BCUT2D eigenvalue weighted by atomic mass is 10.2. The van der Waals surface area contributed by atoms with Gasteiger partial charge in [-0.05, 0) is 25.1 Å². The molecule has 7 heteroatoms. The zero-order chi connectivity index (χ0) is 15.5. The largest absolute Gasteiger partial charge is 0.493 e. The number of thiophene rings is 1. The third-order valence-electron chi connectivity index (χ3n) is 2.92. The molecule has 0 amide bonds. The van der Waals surface area contributed by atoms with E-state index >= 15 is 0 Å². The number of methoxy groups -OCH3 is 2. The van der Waals surface area contributed by atoms with Crippen LogP contribution in [0.4, 0.5) is 0 Å². The molecular weight excluding hydrogens is 310 g/mol. The molecule has 1 N–H and O–H groups in total. The van der Waals surface area contributed by atoms with E-state index in [9.17, 15) is 8.42 Å². The molecule has 0 bridgehead atoms. The normalized spacial score (nSPS) is 11.4. The monoisotopic (exact) mass is 327 g/mol. The summed E-state index contributed by atoms with van der Waals surface area (Å²) < 4.78 is 37.8. The molecule has 1 aromatic heterocycles. The van der Waals surface area contributed by atoms with Crippen molar-refractivity contribution in [2.24, 2.45) is 0 Å². The van der Waals surface area contributed by atoms with Crippen molar-refractivity contribution in [3.63, 3.8) is 0 Å². The summed E-state index contributed by atoms with van der Waals surface area (Å²) in [6.45, 7) is 2.01. The molecule has 0 saturated carbocycles. The van der Waals surface area contributed by atoms with Gasteiger partial charge in [0.2, 0.25) is 10.0 Å². The van der Waals surface area contributed by atoms with Crippen molar-refractivity contribution in [2.75, 3.05) is 14.2 Å². The van der Waals surface area contributed by atoms with Gasteiger partial charge >= 0.3 is 0 Å². The fourth-order valence-corrected chi connectivity index (χ4v) is 4.23. The maximum Gasteiger partial charge on any atom is 0.250 e. The van der Waals surface area contributed by atoms with E-state index in [1.165, 1.54) is 18.4 Å². The number of sulfonamides is 1.